The van der Waals surface area contributed by atoms with E-state index >= 15 is 0 Å². The Kier molecular flexibility index (Phi) is 5.03. The van der Waals surface area contributed by atoms with Crippen LogP contribution in [-0.4, -0.2) is 4.57 Å². The molecule has 1 aromatic heterocycles. The molecule has 0 bridgehead atoms. The van der Waals surface area contributed by atoms with Gasteiger partial charge >= 0.3 is 0 Å². The average Bonchev–Trinajstić information content (AvgIpc) is 3.35. The summed E-state index contributed by atoms with van der Waals surface area (Å²) in [6, 6.07) is 46.5. The van der Waals surface area contributed by atoms with Crippen LogP contribution in [-0.2, 0) is 0 Å². The smallest absolute Gasteiger partial charge is 0.0540 e. The molecule has 39 heavy (non-hydrogen) atoms. The van der Waals surface area contributed by atoms with Gasteiger partial charge in [-0.25, -0.2) is 0 Å². The molecule has 1 heteroatoms. The maximum atomic E-state index is 2.43. The Morgan fingerprint density at radius 2 is 0.897 bits per heavy atom. The van der Waals surface area contributed by atoms with Gasteiger partial charge in [-0.05, 0) is 74.8 Å². The molecule has 0 spiro atoms. The fraction of sp³-hybridized carbons (Fsp3) is 0.0526. The molecule has 1 heterocycles. The second kappa shape index (κ2) is 8.85. The van der Waals surface area contributed by atoms with Gasteiger partial charge in [0.15, 0.2) is 0 Å². The van der Waals surface area contributed by atoms with E-state index in [1.54, 1.807) is 0 Å². The SMILES string of the molecule is C1=c2c(n(-c3ccc(-c4c5ccccc5c(-c5ccccc5)c5ccccc45)cc3)c3ccccc23)=CCC1. The number of nitrogens with zero attached hydrogens (tertiary/aromatic N) is 1. The van der Waals surface area contributed by atoms with E-state index in [-0.39, 0.29) is 0 Å². The standard InChI is InChI=1S/C38H27N/c1-2-12-26(13-3-1)37-31-16-4-6-18-33(31)38(34-19-7-5-17-32(34)37)27-22-24-28(25-23-27)39-35-20-10-8-14-29(35)30-15-9-11-21-36(30)39/h1-8,10,12-25H,9,11H2. The zero-order valence-electron chi connectivity index (χ0n) is 21.6. The summed E-state index contributed by atoms with van der Waals surface area (Å²) in [4.78, 5) is 0. The predicted octanol–water partition coefficient (Wildman–Crippen LogP) is 8.63. The number of hydrogen-bond donors (Lipinski definition) is 0. The van der Waals surface area contributed by atoms with Crippen LogP contribution in [0.5, 0.6) is 0 Å². The van der Waals surface area contributed by atoms with Crippen molar-refractivity contribution >= 4 is 44.6 Å². The Labute approximate surface area is 227 Å². The second-order valence-electron chi connectivity index (χ2n) is 10.4. The Morgan fingerprint density at radius 3 is 1.51 bits per heavy atom. The third kappa shape index (κ3) is 3.40. The number of hydrogen-bond acceptors (Lipinski definition) is 0. The summed E-state index contributed by atoms with van der Waals surface area (Å²) in [6.07, 6.45) is 6.99. The molecule has 7 aromatic rings. The Balaban J connectivity index is 1.38. The van der Waals surface area contributed by atoms with Gasteiger partial charge < -0.3 is 4.57 Å². The molecule has 0 unspecified atom stereocenters. The van der Waals surface area contributed by atoms with Gasteiger partial charge in [0, 0.05) is 21.6 Å². The third-order valence-electron chi connectivity index (χ3n) is 8.21. The molecule has 1 aliphatic rings. The fourth-order valence-electron chi connectivity index (χ4n) is 6.56. The molecule has 0 N–H and O–H groups in total. The highest BCUT2D eigenvalue weighted by molar-refractivity contribution is 6.21. The van der Waals surface area contributed by atoms with Gasteiger partial charge in [-0.15, -0.1) is 0 Å². The highest BCUT2D eigenvalue weighted by Crippen LogP contribution is 2.43. The lowest BCUT2D eigenvalue weighted by Crippen LogP contribution is -2.30. The minimum Gasteiger partial charge on any atom is -0.310 e. The van der Waals surface area contributed by atoms with E-state index in [4.69, 9.17) is 0 Å². The van der Waals surface area contributed by atoms with Crippen LogP contribution in [0.25, 0.3) is 72.5 Å². The van der Waals surface area contributed by atoms with E-state index in [1.165, 1.54) is 71.0 Å². The van der Waals surface area contributed by atoms with E-state index in [9.17, 15) is 0 Å². The lowest BCUT2D eigenvalue weighted by Gasteiger charge is -2.18. The second-order valence-corrected chi connectivity index (χ2v) is 10.4. The van der Waals surface area contributed by atoms with Crippen LogP contribution in [0.2, 0.25) is 0 Å². The third-order valence-corrected chi connectivity index (χ3v) is 8.21. The van der Waals surface area contributed by atoms with Crippen molar-refractivity contribution in [2.75, 3.05) is 0 Å². The number of fused-ring (bicyclic) bond motifs is 5. The quantitative estimate of drug-likeness (QED) is 0.215. The van der Waals surface area contributed by atoms with Gasteiger partial charge in [-0.2, -0.15) is 0 Å². The molecule has 0 fully saturated rings. The molecule has 0 amide bonds. The Morgan fingerprint density at radius 1 is 0.410 bits per heavy atom. The number of rotatable bonds is 3. The first-order valence-corrected chi connectivity index (χ1v) is 13.8. The molecule has 0 atom stereocenters. The fourth-order valence-corrected chi connectivity index (χ4v) is 6.56. The first-order valence-electron chi connectivity index (χ1n) is 13.8. The lowest BCUT2D eigenvalue weighted by molar-refractivity contribution is 1.02. The summed E-state index contributed by atoms with van der Waals surface area (Å²) in [5.41, 5.74) is 7.58. The first-order chi connectivity index (χ1) is 19.4. The monoisotopic (exact) mass is 497 g/mol. The largest absolute Gasteiger partial charge is 0.310 e. The highest BCUT2D eigenvalue weighted by Gasteiger charge is 2.17. The molecular formula is C38H27N. The molecule has 8 rings (SSSR count). The van der Waals surface area contributed by atoms with Crippen molar-refractivity contribution in [3.63, 3.8) is 0 Å². The zero-order chi connectivity index (χ0) is 25.8. The van der Waals surface area contributed by atoms with Gasteiger partial charge in [0.1, 0.15) is 0 Å². The van der Waals surface area contributed by atoms with Gasteiger partial charge in [0.2, 0.25) is 0 Å². The van der Waals surface area contributed by atoms with Crippen LogP contribution in [0.15, 0.2) is 127 Å². The molecule has 0 saturated carbocycles. The van der Waals surface area contributed by atoms with E-state index in [0.29, 0.717) is 0 Å². The van der Waals surface area contributed by atoms with Crippen molar-refractivity contribution in [1.29, 1.82) is 0 Å². The van der Waals surface area contributed by atoms with Crippen LogP contribution in [0.1, 0.15) is 12.8 Å². The van der Waals surface area contributed by atoms with Crippen molar-refractivity contribution in [3.8, 4) is 27.9 Å². The predicted molar refractivity (Wildman–Crippen MR) is 167 cm³/mol. The van der Waals surface area contributed by atoms with Crippen LogP contribution in [0.3, 0.4) is 0 Å². The average molecular weight is 498 g/mol. The number of aromatic nitrogens is 1. The molecule has 1 aliphatic carbocycles. The summed E-state index contributed by atoms with van der Waals surface area (Å²) >= 11 is 0. The number of para-hydroxylation sites is 1. The molecule has 6 aromatic carbocycles. The van der Waals surface area contributed by atoms with E-state index in [1.807, 2.05) is 0 Å². The molecule has 0 radical (unpaired) electrons. The maximum Gasteiger partial charge on any atom is 0.0540 e. The summed E-state index contributed by atoms with van der Waals surface area (Å²) < 4.78 is 2.43. The topological polar surface area (TPSA) is 4.93 Å². The minimum atomic E-state index is 1.09. The van der Waals surface area contributed by atoms with Crippen LogP contribution in [0, 0.1) is 0 Å². The normalized spacial score (nSPS) is 12.8. The van der Waals surface area contributed by atoms with Crippen molar-refractivity contribution in [3.05, 3.63) is 138 Å². The summed E-state index contributed by atoms with van der Waals surface area (Å²) in [6.45, 7) is 0. The molecule has 1 nitrogen and oxygen atoms in total. The van der Waals surface area contributed by atoms with E-state index < -0.39 is 0 Å². The summed E-state index contributed by atoms with van der Waals surface area (Å²) in [5.74, 6) is 0. The maximum absolute atomic E-state index is 2.43. The minimum absolute atomic E-state index is 1.09. The highest BCUT2D eigenvalue weighted by atomic mass is 15.0. The molecule has 0 saturated heterocycles. The lowest BCUT2D eigenvalue weighted by atomic mass is 9.86. The van der Waals surface area contributed by atoms with Crippen molar-refractivity contribution in [2.24, 2.45) is 0 Å². The van der Waals surface area contributed by atoms with Gasteiger partial charge in [0.05, 0.1) is 5.52 Å². The van der Waals surface area contributed by atoms with Gasteiger partial charge in [-0.3, -0.25) is 0 Å². The van der Waals surface area contributed by atoms with E-state index in [2.05, 4.69) is 144 Å². The van der Waals surface area contributed by atoms with Gasteiger partial charge in [0.25, 0.3) is 0 Å². The van der Waals surface area contributed by atoms with Crippen molar-refractivity contribution < 1.29 is 0 Å². The van der Waals surface area contributed by atoms with Crippen molar-refractivity contribution in [1.82, 2.24) is 4.57 Å². The summed E-state index contributed by atoms with van der Waals surface area (Å²) in [7, 11) is 0. The van der Waals surface area contributed by atoms with Crippen molar-refractivity contribution in [2.45, 2.75) is 12.8 Å². The van der Waals surface area contributed by atoms with Crippen LogP contribution in [0.4, 0.5) is 0 Å². The molecular weight excluding hydrogens is 470 g/mol. The molecule has 0 aliphatic heterocycles. The van der Waals surface area contributed by atoms with Crippen LogP contribution < -0.4 is 10.6 Å². The van der Waals surface area contributed by atoms with E-state index in [0.717, 1.165) is 12.8 Å². The first kappa shape index (κ1) is 22.1. The van der Waals surface area contributed by atoms with Gasteiger partial charge in [-0.1, -0.05) is 121 Å². The number of benzene rings is 6. The van der Waals surface area contributed by atoms with Crippen LogP contribution >= 0.6 is 0 Å². The Bertz CT molecular complexity index is 2090. The zero-order valence-corrected chi connectivity index (χ0v) is 21.6. The Hall–Kier alpha value is -4.88. The molecule has 184 valence electrons. The summed E-state index contributed by atoms with van der Waals surface area (Å²) in [5, 5.41) is 9.17.